The van der Waals surface area contributed by atoms with Crippen LogP contribution in [0.25, 0.3) is 0 Å². The highest BCUT2D eigenvalue weighted by Gasteiger charge is 2.34. The lowest BCUT2D eigenvalue weighted by atomic mass is 10.2. The van der Waals surface area contributed by atoms with E-state index < -0.39 is 33.6 Å². The molecule has 2 N–H and O–H groups in total. The summed E-state index contributed by atoms with van der Waals surface area (Å²) in [4.78, 5) is 11.2. The molecule has 0 fully saturated rings. The van der Waals surface area contributed by atoms with Crippen LogP contribution in [0.5, 0.6) is 5.75 Å². The quantitative estimate of drug-likeness (QED) is 0.778. The molecular formula is C17H17F3N2O4S. The number of halogens is 3. The number of nitrogens with one attached hydrogen (secondary N) is 2. The molecule has 0 aromatic heterocycles. The third-order valence-electron chi connectivity index (χ3n) is 3.54. The number of rotatable bonds is 6. The van der Waals surface area contributed by atoms with Crippen LogP contribution in [0.3, 0.4) is 0 Å². The van der Waals surface area contributed by atoms with E-state index in [0.29, 0.717) is 0 Å². The minimum Gasteiger partial charge on any atom is -0.481 e. The van der Waals surface area contributed by atoms with Crippen molar-refractivity contribution in [3.63, 3.8) is 0 Å². The van der Waals surface area contributed by atoms with Crippen LogP contribution in [0, 0.1) is 0 Å². The topological polar surface area (TPSA) is 84.5 Å². The molecular weight excluding hydrogens is 385 g/mol. The van der Waals surface area contributed by atoms with E-state index in [2.05, 4.69) is 5.32 Å². The van der Waals surface area contributed by atoms with E-state index in [1.807, 2.05) is 4.72 Å². The number of para-hydroxylation sites is 1. The minimum absolute atomic E-state index is 0.237. The normalized spacial score (nSPS) is 12.9. The smallest absolute Gasteiger partial charge is 0.418 e. The van der Waals surface area contributed by atoms with Gasteiger partial charge in [-0.2, -0.15) is 13.2 Å². The van der Waals surface area contributed by atoms with E-state index in [1.165, 1.54) is 50.4 Å². The Bertz CT molecular complexity index is 913. The molecule has 0 heterocycles. The van der Waals surface area contributed by atoms with Gasteiger partial charge in [-0.05, 0) is 43.3 Å². The van der Waals surface area contributed by atoms with Crippen LogP contribution >= 0.6 is 0 Å². The second-order valence-electron chi connectivity index (χ2n) is 5.49. The van der Waals surface area contributed by atoms with Crippen molar-refractivity contribution in [3.05, 3.63) is 54.1 Å². The summed E-state index contributed by atoms with van der Waals surface area (Å²) in [5.41, 5.74) is -1.66. The third kappa shape index (κ3) is 5.13. The van der Waals surface area contributed by atoms with Gasteiger partial charge in [0.1, 0.15) is 5.75 Å². The molecule has 10 heteroatoms. The molecule has 0 bridgehead atoms. The molecule has 6 nitrogen and oxygen atoms in total. The average molecular weight is 402 g/mol. The lowest BCUT2D eigenvalue weighted by Gasteiger charge is -2.15. The first kappa shape index (κ1) is 20.6. The zero-order chi connectivity index (χ0) is 20.2. The number of anilines is 1. The Hall–Kier alpha value is -2.75. The van der Waals surface area contributed by atoms with Crippen molar-refractivity contribution in [1.29, 1.82) is 0 Å². The number of benzene rings is 2. The number of hydrogen-bond donors (Lipinski definition) is 2. The zero-order valence-electron chi connectivity index (χ0n) is 14.4. The number of likely N-dealkylation sites (N-methyl/N-ethyl adjacent to an activating group) is 1. The van der Waals surface area contributed by atoms with Gasteiger partial charge < -0.3 is 10.1 Å². The summed E-state index contributed by atoms with van der Waals surface area (Å²) in [6.07, 6.45) is -5.50. The Morgan fingerprint density at radius 2 is 1.67 bits per heavy atom. The number of amides is 1. The van der Waals surface area contributed by atoms with Crippen LogP contribution in [0.1, 0.15) is 12.5 Å². The van der Waals surface area contributed by atoms with Crippen LogP contribution in [0.15, 0.2) is 53.4 Å². The summed E-state index contributed by atoms with van der Waals surface area (Å²) < 4.78 is 71.1. The fraction of sp³-hybridized carbons (Fsp3) is 0.235. The standard InChI is InChI=1S/C17H17F3N2O4S/c1-11(16(23)21-2)26-12-7-9-13(10-8-12)27(24,25)22-15-6-4-3-5-14(15)17(18,19)20/h3-11,22H,1-2H3,(H,21,23)/t11-/m1/s1. The summed E-state index contributed by atoms with van der Waals surface area (Å²) in [6.45, 7) is 1.51. The van der Waals surface area contributed by atoms with Crippen molar-refractivity contribution >= 4 is 21.6 Å². The van der Waals surface area contributed by atoms with E-state index in [0.717, 1.165) is 12.1 Å². The third-order valence-corrected chi connectivity index (χ3v) is 4.92. The zero-order valence-corrected chi connectivity index (χ0v) is 15.2. The van der Waals surface area contributed by atoms with Gasteiger partial charge in [-0.3, -0.25) is 9.52 Å². The van der Waals surface area contributed by atoms with Crippen molar-refractivity contribution in [2.24, 2.45) is 0 Å². The molecule has 0 saturated carbocycles. The van der Waals surface area contributed by atoms with Gasteiger partial charge in [0.05, 0.1) is 16.1 Å². The van der Waals surface area contributed by atoms with Crippen LogP contribution in [-0.4, -0.2) is 27.5 Å². The Balaban J connectivity index is 2.22. The van der Waals surface area contributed by atoms with Gasteiger partial charge in [0, 0.05) is 7.05 Å². The Morgan fingerprint density at radius 1 is 1.07 bits per heavy atom. The van der Waals surface area contributed by atoms with Crippen molar-refractivity contribution in [2.75, 3.05) is 11.8 Å². The largest absolute Gasteiger partial charge is 0.481 e. The maximum absolute atomic E-state index is 13.0. The molecule has 2 rings (SSSR count). The lowest BCUT2D eigenvalue weighted by Crippen LogP contribution is -2.33. The van der Waals surface area contributed by atoms with Crippen molar-refractivity contribution in [2.45, 2.75) is 24.1 Å². The molecule has 0 saturated heterocycles. The SMILES string of the molecule is CNC(=O)[C@@H](C)Oc1ccc(S(=O)(=O)Nc2ccccc2C(F)(F)F)cc1. The van der Waals surface area contributed by atoms with Crippen molar-refractivity contribution in [3.8, 4) is 5.75 Å². The Labute approximate surface area is 154 Å². The highest BCUT2D eigenvalue weighted by molar-refractivity contribution is 7.92. The number of hydrogen-bond acceptors (Lipinski definition) is 4. The predicted octanol–water partition coefficient (Wildman–Crippen LogP) is 3.02. The highest BCUT2D eigenvalue weighted by Crippen LogP contribution is 2.35. The Kier molecular flexibility index (Phi) is 5.99. The van der Waals surface area contributed by atoms with Gasteiger partial charge in [-0.1, -0.05) is 12.1 Å². The van der Waals surface area contributed by atoms with Crippen LogP contribution in [0.4, 0.5) is 18.9 Å². The van der Waals surface area contributed by atoms with E-state index in [4.69, 9.17) is 4.74 Å². The molecule has 0 radical (unpaired) electrons. The number of sulfonamides is 1. The van der Waals surface area contributed by atoms with Crippen LogP contribution in [0.2, 0.25) is 0 Å². The van der Waals surface area contributed by atoms with E-state index >= 15 is 0 Å². The Morgan fingerprint density at radius 3 is 2.22 bits per heavy atom. The van der Waals surface area contributed by atoms with E-state index in [-0.39, 0.29) is 16.6 Å². The first-order chi connectivity index (χ1) is 12.5. The summed E-state index contributed by atoms with van der Waals surface area (Å²) >= 11 is 0. The van der Waals surface area contributed by atoms with Gasteiger partial charge >= 0.3 is 6.18 Å². The van der Waals surface area contributed by atoms with Gasteiger partial charge in [0.2, 0.25) is 0 Å². The molecule has 2 aromatic carbocycles. The second-order valence-corrected chi connectivity index (χ2v) is 7.18. The number of carbonyl (C=O) groups is 1. The fourth-order valence-corrected chi connectivity index (χ4v) is 3.26. The molecule has 0 aliphatic rings. The fourth-order valence-electron chi connectivity index (χ4n) is 2.18. The second kappa shape index (κ2) is 7.87. The van der Waals surface area contributed by atoms with Gasteiger partial charge in [0.25, 0.3) is 15.9 Å². The van der Waals surface area contributed by atoms with Crippen molar-refractivity contribution in [1.82, 2.24) is 5.32 Å². The first-order valence-electron chi connectivity index (χ1n) is 7.72. The van der Waals surface area contributed by atoms with Gasteiger partial charge in [-0.25, -0.2) is 8.42 Å². The molecule has 0 spiro atoms. The average Bonchev–Trinajstić information content (AvgIpc) is 2.60. The molecule has 2 aromatic rings. The summed E-state index contributed by atoms with van der Waals surface area (Å²) in [5, 5.41) is 2.40. The molecule has 1 atom stereocenters. The number of ether oxygens (including phenoxy) is 1. The number of carbonyl (C=O) groups excluding carboxylic acids is 1. The summed E-state index contributed by atoms with van der Waals surface area (Å²) in [5.74, 6) is -0.127. The molecule has 0 aliphatic heterocycles. The summed E-state index contributed by atoms with van der Waals surface area (Å²) in [6, 6.07) is 9.24. The van der Waals surface area contributed by atoms with Crippen molar-refractivity contribution < 1.29 is 31.1 Å². The van der Waals surface area contributed by atoms with E-state index in [9.17, 15) is 26.4 Å². The molecule has 0 unspecified atom stereocenters. The van der Waals surface area contributed by atoms with E-state index in [1.54, 1.807) is 0 Å². The predicted molar refractivity (Wildman–Crippen MR) is 92.9 cm³/mol. The number of alkyl halides is 3. The van der Waals surface area contributed by atoms with Crippen LogP contribution < -0.4 is 14.8 Å². The molecule has 27 heavy (non-hydrogen) atoms. The van der Waals surface area contributed by atoms with Crippen LogP contribution in [-0.2, 0) is 21.0 Å². The monoisotopic (exact) mass is 402 g/mol. The molecule has 146 valence electrons. The first-order valence-corrected chi connectivity index (χ1v) is 9.20. The highest BCUT2D eigenvalue weighted by atomic mass is 32.2. The maximum atomic E-state index is 13.0. The maximum Gasteiger partial charge on any atom is 0.418 e. The minimum atomic E-state index is -4.70. The molecule has 1 amide bonds. The van der Waals surface area contributed by atoms with Gasteiger partial charge in [-0.15, -0.1) is 0 Å². The lowest BCUT2D eigenvalue weighted by molar-refractivity contribution is -0.136. The van der Waals surface area contributed by atoms with Gasteiger partial charge in [0.15, 0.2) is 6.10 Å². The summed E-state index contributed by atoms with van der Waals surface area (Å²) in [7, 11) is -2.80. The molecule has 0 aliphatic carbocycles.